The molecule has 1 aliphatic heterocycles. The highest BCUT2D eigenvalue weighted by Gasteiger charge is 2.22. The maximum absolute atomic E-state index is 14.1. The summed E-state index contributed by atoms with van der Waals surface area (Å²) in [6.45, 7) is 6.80. The van der Waals surface area contributed by atoms with Gasteiger partial charge in [-0.15, -0.1) is 5.10 Å². The van der Waals surface area contributed by atoms with Gasteiger partial charge in [-0.2, -0.15) is 4.52 Å². The van der Waals surface area contributed by atoms with Gasteiger partial charge in [0.15, 0.2) is 11.4 Å². The molecule has 0 bridgehead atoms. The number of fused-ring (bicyclic) bond motifs is 1. The van der Waals surface area contributed by atoms with Crippen LogP contribution in [0.4, 0.5) is 16.0 Å². The van der Waals surface area contributed by atoms with Crippen LogP contribution in [-0.4, -0.2) is 57.2 Å². The number of para-hydroxylation sites is 1. The molecule has 1 aromatic carbocycles. The van der Waals surface area contributed by atoms with Gasteiger partial charge in [-0.1, -0.05) is 19.1 Å². The van der Waals surface area contributed by atoms with Crippen molar-refractivity contribution in [2.24, 2.45) is 0 Å². The van der Waals surface area contributed by atoms with E-state index >= 15 is 0 Å². The second kappa shape index (κ2) is 8.96. The van der Waals surface area contributed by atoms with Crippen LogP contribution in [0.5, 0.6) is 0 Å². The Kier molecular flexibility index (Phi) is 5.72. The predicted octanol–water partition coefficient (Wildman–Crippen LogP) is 3.67. The minimum atomic E-state index is -0.170. The fourth-order valence-corrected chi connectivity index (χ4v) is 3.99. The lowest BCUT2D eigenvalue weighted by Gasteiger charge is -2.36. The summed E-state index contributed by atoms with van der Waals surface area (Å²) < 4.78 is 21.4. The van der Waals surface area contributed by atoms with Gasteiger partial charge < -0.3 is 14.6 Å². The van der Waals surface area contributed by atoms with E-state index in [1.54, 1.807) is 16.8 Å². The van der Waals surface area contributed by atoms with Crippen LogP contribution >= 0.6 is 0 Å². The summed E-state index contributed by atoms with van der Waals surface area (Å²) >= 11 is 0. The lowest BCUT2D eigenvalue weighted by atomic mass is 10.2. The predicted molar refractivity (Wildman–Crippen MR) is 121 cm³/mol. The van der Waals surface area contributed by atoms with Crippen molar-refractivity contribution in [3.05, 3.63) is 60.2 Å². The summed E-state index contributed by atoms with van der Waals surface area (Å²) in [5.41, 5.74) is 2.43. The molecule has 1 N–H and O–H groups in total. The van der Waals surface area contributed by atoms with Crippen LogP contribution in [0.15, 0.2) is 53.3 Å². The molecule has 1 saturated heterocycles. The Bertz CT molecular complexity index is 1180. The van der Waals surface area contributed by atoms with Crippen molar-refractivity contribution >= 4 is 17.3 Å². The summed E-state index contributed by atoms with van der Waals surface area (Å²) in [6.07, 6.45) is 4.47. The summed E-state index contributed by atoms with van der Waals surface area (Å²) in [5, 5.41) is 7.96. The molecule has 8 nitrogen and oxygen atoms in total. The highest BCUT2D eigenvalue weighted by atomic mass is 19.1. The Morgan fingerprint density at radius 2 is 1.94 bits per heavy atom. The molecule has 3 aromatic heterocycles. The average molecular weight is 436 g/mol. The van der Waals surface area contributed by atoms with Gasteiger partial charge in [0.1, 0.15) is 5.82 Å². The van der Waals surface area contributed by atoms with Crippen molar-refractivity contribution in [3.63, 3.8) is 0 Å². The minimum absolute atomic E-state index is 0.170. The van der Waals surface area contributed by atoms with E-state index in [-0.39, 0.29) is 5.82 Å². The first-order valence-electron chi connectivity index (χ1n) is 11.0. The Morgan fingerprint density at radius 1 is 1.09 bits per heavy atom. The molecular formula is C23H26FN7O. The zero-order chi connectivity index (χ0) is 21.9. The highest BCUT2D eigenvalue weighted by molar-refractivity contribution is 5.58. The summed E-state index contributed by atoms with van der Waals surface area (Å²) in [7, 11) is 0. The van der Waals surface area contributed by atoms with E-state index in [2.05, 4.69) is 32.1 Å². The molecule has 4 heterocycles. The van der Waals surface area contributed by atoms with Crippen molar-refractivity contribution in [2.75, 3.05) is 42.9 Å². The number of aromatic nitrogens is 4. The zero-order valence-corrected chi connectivity index (χ0v) is 18.0. The third kappa shape index (κ3) is 4.03. The molecule has 4 aromatic rings. The van der Waals surface area contributed by atoms with E-state index in [0.29, 0.717) is 29.8 Å². The second-order valence-corrected chi connectivity index (χ2v) is 7.90. The van der Waals surface area contributed by atoms with Gasteiger partial charge in [0.25, 0.3) is 0 Å². The molecule has 0 saturated carbocycles. The van der Waals surface area contributed by atoms with Gasteiger partial charge in [0.05, 0.1) is 12.0 Å². The third-order valence-electron chi connectivity index (χ3n) is 5.67. The van der Waals surface area contributed by atoms with E-state index in [4.69, 9.17) is 9.40 Å². The topological polar surface area (TPSA) is 74.7 Å². The highest BCUT2D eigenvalue weighted by Crippen LogP contribution is 2.23. The number of nitrogens with zero attached hydrogens (tertiary/aromatic N) is 6. The number of anilines is 2. The molecule has 5 rings (SSSR count). The van der Waals surface area contributed by atoms with E-state index in [9.17, 15) is 4.39 Å². The third-order valence-corrected chi connectivity index (χ3v) is 5.67. The van der Waals surface area contributed by atoms with Crippen LogP contribution in [0, 0.1) is 5.82 Å². The summed E-state index contributed by atoms with van der Waals surface area (Å²) in [6, 6.07) is 10.6. The number of halogens is 1. The molecule has 0 aliphatic carbocycles. The lowest BCUT2D eigenvalue weighted by molar-refractivity contribution is 0.249. The van der Waals surface area contributed by atoms with Crippen LogP contribution < -0.4 is 10.2 Å². The van der Waals surface area contributed by atoms with Crippen LogP contribution in [0.3, 0.4) is 0 Å². The first-order chi connectivity index (χ1) is 15.7. The Morgan fingerprint density at radius 3 is 2.69 bits per heavy atom. The first-order valence-corrected chi connectivity index (χ1v) is 11.0. The molecule has 0 unspecified atom stereocenters. The molecular weight excluding hydrogens is 409 g/mol. The van der Waals surface area contributed by atoms with Gasteiger partial charge in [0.2, 0.25) is 11.8 Å². The minimum Gasteiger partial charge on any atom is -0.461 e. The van der Waals surface area contributed by atoms with Crippen molar-refractivity contribution in [1.82, 2.24) is 24.5 Å². The molecule has 0 atom stereocenters. The van der Waals surface area contributed by atoms with Crippen molar-refractivity contribution in [1.29, 1.82) is 0 Å². The number of benzene rings is 1. The van der Waals surface area contributed by atoms with Crippen molar-refractivity contribution in [3.8, 4) is 11.6 Å². The fraction of sp³-hybridized carbons (Fsp3) is 0.348. The quantitative estimate of drug-likeness (QED) is 0.475. The molecule has 32 heavy (non-hydrogen) atoms. The number of piperazine rings is 1. The number of hydrogen-bond donors (Lipinski definition) is 1. The van der Waals surface area contributed by atoms with Gasteiger partial charge in [-0.25, -0.2) is 14.4 Å². The average Bonchev–Trinajstić information content (AvgIpc) is 3.50. The lowest BCUT2D eigenvalue weighted by Crippen LogP contribution is -2.46. The number of hydrogen-bond acceptors (Lipinski definition) is 7. The molecule has 166 valence electrons. The van der Waals surface area contributed by atoms with E-state index < -0.39 is 0 Å². The standard InChI is InChI=1S/C23H26FN7O/c1-2-9-25-23-26-15-17(22-27-21(28-31(22)23)20-8-5-14-32-20)16-29-10-12-30(13-11-29)19-7-4-3-6-18(19)24/h3-8,14-15H,2,9-13,16H2,1H3,(H,25,26). The maximum Gasteiger partial charge on any atom is 0.225 e. The largest absolute Gasteiger partial charge is 0.461 e. The van der Waals surface area contributed by atoms with Gasteiger partial charge in [-0.05, 0) is 30.7 Å². The maximum atomic E-state index is 14.1. The molecule has 1 fully saturated rings. The molecule has 1 aliphatic rings. The second-order valence-electron chi connectivity index (χ2n) is 7.90. The van der Waals surface area contributed by atoms with Gasteiger partial charge >= 0.3 is 0 Å². The SMILES string of the molecule is CCCNc1ncc(CN2CCN(c3ccccc3F)CC2)c2nc(-c3ccco3)nn12. The zero-order valence-electron chi connectivity index (χ0n) is 18.0. The van der Waals surface area contributed by atoms with Crippen LogP contribution in [0.2, 0.25) is 0 Å². The number of nitrogens with one attached hydrogen (secondary N) is 1. The monoisotopic (exact) mass is 435 g/mol. The molecule has 0 spiro atoms. The number of rotatable bonds is 7. The van der Waals surface area contributed by atoms with E-state index in [1.165, 1.54) is 6.07 Å². The molecule has 0 radical (unpaired) electrons. The van der Waals surface area contributed by atoms with Crippen molar-refractivity contribution < 1.29 is 8.81 Å². The van der Waals surface area contributed by atoms with E-state index in [1.807, 2.05) is 30.5 Å². The molecule has 0 amide bonds. The fourth-order valence-electron chi connectivity index (χ4n) is 3.99. The Hall–Kier alpha value is -3.46. The van der Waals surface area contributed by atoms with Crippen LogP contribution in [-0.2, 0) is 6.54 Å². The summed E-state index contributed by atoms with van der Waals surface area (Å²) in [4.78, 5) is 13.8. The Balaban J connectivity index is 1.37. The normalized spacial score (nSPS) is 14.9. The molecule has 9 heteroatoms. The smallest absolute Gasteiger partial charge is 0.225 e. The van der Waals surface area contributed by atoms with Gasteiger partial charge in [-0.3, -0.25) is 4.90 Å². The van der Waals surface area contributed by atoms with E-state index in [0.717, 1.165) is 50.4 Å². The Labute approximate surface area is 185 Å². The van der Waals surface area contributed by atoms with Crippen LogP contribution in [0.25, 0.3) is 17.2 Å². The van der Waals surface area contributed by atoms with Crippen molar-refractivity contribution in [2.45, 2.75) is 19.9 Å². The van der Waals surface area contributed by atoms with Gasteiger partial charge in [0, 0.05) is 51.0 Å². The van der Waals surface area contributed by atoms with Crippen LogP contribution in [0.1, 0.15) is 18.9 Å². The first kappa shape index (κ1) is 20.4. The summed E-state index contributed by atoms with van der Waals surface area (Å²) in [5.74, 6) is 1.66. The number of furan rings is 1.